The predicted molar refractivity (Wildman–Crippen MR) is 86.1 cm³/mol. The number of hydrogen-bond acceptors (Lipinski definition) is 4. The van der Waals surface area contributed by atoms with E-state index in [1.54, 1.807) is 13.8 Å². The summed E-state index contributed by atoms with van der Waals surface area (Å²) in [5.41, 5.74) is 1.57. The van der Waals surface area contributed by atoms with E-state index in [4.69, 9.17) is 4.74 Å². The summed E-state index contributed by atoms with van der Waals surface area (Å²) in [6.45, 7) is 7.87. The van der Waals surface area contributed by atoms with Gasteiger partial charge in [-0.15, -0.1) is 0 Å². The lowest BCUT2D eigenvalue weighted by Gasteiger charge is -2.24. The van der Waals surface area contributed by atoms with Crippen LogP contribution >= 0.6 is 0 Å². The lowest BCUT2D eigenvalue weighted by molar-refractivity contribution is -0.133. The van der Waals surface area contributed by atoms with Crippen molar-refractivity contribution in [3.05, 3.63) is 48.0 Å². The molecular formula is C17H21N3O2. The molecular weight excluding hydrogens is 278 g/mol. The number of carbonyl (C=O) groups is 1. The first kappa shape index (κ1) is 16.1. The third-order valence-electron chi connectivity index (χ3n) is 3.43. The van der Waals surface area contributed by atoms with Crippen LogP contribution in [0.5, 0.6) is 0 Å². The molecule has 1 aromatic heterocycles. The first-order valence-corrected chi connectivity index (χ1v) is 7.27. The Kier molecular flexibility index (Phi) is 4.88. The summed E-state index contributed by atoms with van der Waals surface area (Å²) in [5.74, 6) is -0.136. The molecule has 0 fully saturated rings. The monoisotopic (exact) mass is 299 g/mol. The Balaban J connectivity index is 2.50. The topological polar surface area (TPSA) is 57.0 Å². The smallest absolute Gasteiger partial charge is 0.212 e. The molecule has 0 atom stereocenters. The van der Waals surface area contributed by atoms with Crippen molar-refractivity contribution < 1.29 is 9.53 Å². The Morgan fingerprint density at radius 2 is 2.09 bits per heavy atom. The van der Waals surface area contributed by atoms with Gasteiger partial charge in [0.25, 0.3) is 0 Å². The molecule has 0 aliphatic carbocycles. The second-order valence-corrected chi connectivity index (χ2v) is 5.50. The molecule has 0 radical (unpaired) electrons. The quantitative estimate of drug-likeness (QED) is 0.769. The van der Waals surface area contributed by atoms with Gasteiger partial charge in [0.2, 0.25) is 5.78 Å². The molecule has 0 spiro atoms. The summed E-state index contributed by atoms with van der Waals surface area (Å²) in [6.07, 6.45) is 4.75. The fourth-order valence-electron chi connectivity index (χ4n) is 2.20. The van der Waals surface area contributed by atoms with Gasteiger partial charge >= 0.3 is 0 Å². The molecule has 0 saturated carbocycles. The molecule has 0 N–H and O–H groups in total. The molecule has 116 valence electrons. The second kappa shape index (κ2) is 6.66. The average molecular weight is 299 g/mol. The standard InChI is InChI=1S/C17H21N3O2/c1-5-22-17(3,4)16(21)15(20-12-18-11-19-20)10-14-9-7-6-8-13(14)2/h6-12H,5H2,1-4H3. The van der Waals surface area contributed by atoms with Crippen LogP contribution in [0.2, 0.25) is 0 Å². The Labute approximate surface area is 130 Å². The number of rotatable bonds is 6. The summed E-state index contributed by atoms with van der Waals surface area (Å²) in [5, 5.41) is 4.10. The lowest BCUT2D eigenvalue weighted by Crippen LogP contribution is -2.37. The Hall–Kier alpha value is -2.27. The number of Topliss-reactive ketones (excluding diaryl/α,β-unsaturated/α-hetero) is 1. The first-order valence-electron chi connectivity index (χ1n) is 7.27. The van der Waals surface area contributed by atoms with Crippen LogP contribution < -0.4 is 0 Å². The summed E-state index contributed by atoms with van der Waals surface area (Å²) < 4.78 is 7.07. The fourth-order valence-corrected chi connectivity index (χ4v) is 2.20. The van der Waals surface area contributed by atoms with Crippen molar-refractivity contribution in [3.63, 3.8) is 0 Å². The minimum absolute atomic E-state index is 0.136. The van der Waals surface area contributed by atoms with Crippen molar-refractivity contribution in [2.45, 2.75) is 33.3 Å². The summed E-state index contributed by atoms with van der Waals surface area (Å²) in [7, 11) is 0. The highest BCUT2D eigenvalue weighted by molar-refractivity contribution is 6.23. The van der Waals surface area contributed by atoms with Gasteiger partial charge < -0.3 is 4.74 Å². The number of aromatic nitrogens is 3. The molecule has 0 bridgehead atoms. The van der Waals surface area contributed by atoms with Crippen molar-refractivity contribution in [1.29, 1.82) is 0 Å². The number of benzene rings is 1. The summed E-state index contributed by atoms with van der Waals surface area (Å²) in [6, 6.07) is 7.87. The van der Waals surface area contributed by atoms with Crippen LogP contribution in [0.4, 0.5) is 0 Å². The van der Waals surface area contributed by atoms with E-state index in [1.807, 2.05) is 44.2 Å². The van der Waals surface area contributed by atoms with Crippen LogP contribution in [0.25, 0.3) is 11.8 Å². The average Bonchev–Trinajstić information content (AvgIpc) is 2.99. The van der Waals surface area contributed by atoms with Crippen LogP contribution in [0.1, 0.15) is 31.9 Å². The highest BCUT2D eigenvalue weighted by Crippen LogP contribution is 2.22. The van der Waals surface area contributed by atoms with E-state index < -0.39 is 5.60 Å². The van der Waals surface area contributed by atoms with Gasteiger partial charge in [0.15, 0.2) is 0 Å². The second-order valence-electron chi connectivity index (χ2n) is 5.50. The van der Waals surface area contributed by atoms with Gasteiger partial charge in [-0.1, -0.05) is 24.3 Å². The van der Waals surface area contributed by atoms with E-state index >= 15 is 0 Å². The summed E-state index contributed by atoms with van der Waals surface area (Å²) >= 11 is 0. The maximum atomic E-state index is 12.9. The van der Waals surface area contributed by atoms with Crippen LogP contribution in [0.15, 0.2) is 36.9 Å². The summed E-state index contributed by atoms with van der Waals surface area (Å²) in [4.78, 5) is 16.8. The number of carbonyl (C=O) groups excluding carboxylic acids is 1. The maximum absolute atomic E-state index is 12.9. The first-order chi connectivity index (χ1) is 10.5. The van der Waals surface area contributed by atoms with Gasteiger partial charge in [-0.05, 0) is 44.9 Å². The van der Waals surface area contributed by atoms with E-state index in [2.05, 4.69) is 10.1 Å². The lowest BCUT2D eigenvalue weighted by atomic mass is 9.98. The van der Waals surface area contributed by atoms with Crippen molar-refractivity contribution >= 4 is 17.6 Å². The molecule has 0 unspecified atom stereocenters. The van der Waals surface area contributed by atoms with Crippen LogP contribution in [0, 0.1) is 6.92 Å². The number of ketones is 1. The minimum atomic E-state index is -0.921. The van der Waals surface area contributed by atoms with E-state index in [9.17, 15) is 4.79 Å². The number of aryl methyl sites for hydroxylation is 1. The van der Waals surface area contributed by atoms with Gasteiger partial charge in [0.1, 0.15) is 24.0 Å². The number of ether oxygens (including phenoxy) is 1. The molecule has 0 saturated heterocycles. The van der Waals surface area contributed by atoms with Gasteiger partial charge in [0.05, 0.1) is 0 Å². The molecule has 1 heterocycles. The number of nitrogens with zero attached hydrogens (tertiary/aromatic N) is 3. The molecule has 2 aromatic rings. The van der Waals surface area contributed by atoms with Crippen molar-refractivity contribution in [1.82, 2.24) is 14.8 Å². The van der Waals surface area contributed by atoms with Crippen molar-refractivity contribution in [2.24, 2.45) is 0 Å². The third-order valence-corrected chi connectivity index (χ3v) is 3.43. The molecule has 0 amide bonds. The van der Waals surface area contributed by atoms with E-state index in [0.717, 1.165) is 11.1 Å². The zero-order valence-corrected chi connectivity index (χ0v) is 13.4. The zero-order valence-electron chi connectivity index (χ0n) is 13.4. The SMILES string of the molecule is CCOC(C)(C)C(=O)C(=Cc1ccccc1C)n1cncn1. The molecule has 5 nitrogen and oxygen atoms in total. The third kappa shape index (κ3) is 3.49. The Bertz CT molecular complexity index is 673. The minimum Gasteiger partial charge on any atom is -0.368 e. The molecule has 5 heteroatoms. The van der Waals surface area contributed by atoms with E-state index in [1.165, 1.54) is 17.3 Å². The molecule has 1 aromatic carbocycles. The Morgan fingerprint density at radius 3 is 2.68 bits per heavy atom. The fraction of sp³-hybridized carbons (Fsp3) is 0.353. The van der Waals surface area contributed by atoms with Crippen LogP contribution in [0.3, 0.4) is 0 Å². The largest absolute Gasteiger partial charge is 0.368 e. The van der Waals surface area contributed by atoms with E-state index in [-0.39, 0.29) is 5.78 Å². The highest BCUT2D eigenvalue weighted by atomic mass is 16.5. The molecule has 2 rings (SSSR count). The molecule has 0 aliphatic rings. The van der Waals surface area contributed by atoms with Gasteiger partial charge in [-0.3, -0.25) is 4.79 Å². The van der Waals surface area contributed by atoms with Gasteiger partial charge in [0, 0.05) is 6.61 Å². The zero-order chi connectivity index (χ0) is 16.2. The van der Waals surface area contributed by atoms with E-state index in [0.29, 0.717) is 12.3 Å². The predicted octanol–water partition coefficient (Wildman–Crippen LogP) is 2.97. The Morgan fingerprint density at radius 1 is 1.36 bits per heavy atom. The highest BCUT2D eigenvalue weighted by Gasteiger charge is 2.32. The molecule has 0 aliphatic heterocycles. The normalized spacial score (nSPS) is 12.5. The van der Waals surface area contributed by atoms with Gasteiger partial charge in [-0.2, -0.15) is 5.10 Å². The van der Waals surface area contributed by atoms with Gasteiger partial charge in [-0.25, -0.2) is 9.67 Å². The van der Waals surface area contributed by atoms with Crippen LogP contribution in [-0.4, -0.2) is 32.8 Å². The maximum Gasteiger partial charge on any atom is 0.212 e. The number of hydrogen-bond donors (Lipinski definition) is 0. The van der Waals surface area contributed by atoms with Crippen LogP contribution in [-0.2, 0) is 9.53 Å². The molecule has 22 heavy (non-hydrogen) atoms. The van der Waals surface area contributed by atoms with Crippen molar-refractivity contribution in [2.75, 3.05) is 6.61 Å². The van der Waals surface area contributed by atoms with Crippen molar-refractivity contribution in [3.8, 4) is 0 Å².